The molecule has 0 unspecified atom stereocenters. The van der Waals surface area contributed by atoms with E-state index >= 15 is 0 Å². The van der Waals surface area contributed by atoms with E-state index in [4.69, 9.17) is 4.74 Å². The van der Waals surface area contributed by atoms with E-state index in [0.29, 0.717) is 13.0 Å². The minimum atomic E-state index is -3.28. The fraction of sp³-hybridized carbons (Fsp3) is 0.429. The summed E-state index contributed by atoms with van der Waals surface area (Å²) in [5.74, 6) is 0.207. The summed E-state index contributed by atoms with van der Waals surface area (Å²) in [6.45, 7) is 0.380. The van der Waals surface area contributed by atoms with E-state index in [1.807, 2.05) is 0 Å². The number of aromatic nitrogens is 2. The highest BCUT2D eigenvalue weighted by Gasteiger charge is 2.25. The van der Waals surface area contributed by atoms with Crippen molar-refractivity contribution in [3.63, 3.8) is 0 Å². The molecular formula is C7H8N2O3S. The van der Waals surface area contributed by atoms with Gasteiger partial charge in [0.1, 0.15) is 0 Å². The molecule has 1 aliphatic heterocycles. The predicted octanol–water partition coefficient (Wildman–Crippen LogP) is 0.0328. The fourth-order valence-corrected chi connectivity index (χ4v) is 2.43. The number of nitrogens with zero attached hydrogens (tertiary/aromatic N) is 2. The summed E-state index contributed by atoms with van der Waals surface area (Å²) in [5.41, 5.74) is 0. The summed E-state index contributed by atoms with van der Waals surface area (Å²) in [6.07, 6.45) is 3.26. The summed E-state index contributed by atoms with van der Waals surface area (Å²) >= 11 is 0. The van der Waals surface area contributed by atoms with E-state index < -0.39 is 9.84 Å². The molecule has 2 rings (SSSR count). The first kappa shape index (κ1) is 8.43. The van der Waals surface area contributed by atoms with Crippen LogP contribution in [-0.4, -0.2) is 30.7 Å². The van der Waals surface area contributed by atoms with Crippen LogP contribution in [0.1, 0.15) is 6.42 Å². The maximum Gasteiger partial charge on any atom is 0.252 e. The van der Waals surface area contributed by atoms with E-state index in [1.54, 1.807) is 0 Å². The first-order valence-corrected chi connectivity index (χ1v) is 5.52. The van der Waals surface area contributed by atoms with Crippen LogP contribution in [0.25, 0.3) is 0 Å². The van der Waals surface area contributed by atoms with Gasteiger partial charge in [-0.25, -0.2) is 18.4 Å². The molecule has 5 nitrogen and oxygen atoms in total. The zero-order valence-electron chi connectivity index (χ0n) is 6.80. The summed E-state index contributed by atoms with van der Waals surface area (Å²) in [6, 6.07) is 0. The monoisotopic (exact) mass is 200 g/mol. The third kappa shape index (κ3) is 1.49. The van der Waals surface area contributed by atoms with Gasteiger partial charge in [-0.15, -0.1) is 0 Å². The SMILES string of the molecule is O=S1(=O)CCCOc2nccnc21. The van der Waals surface area contributed by atoms with Crippen LogP contribution in [0.5, 0.6) is 5.88 Å². The average molecular weight is 200 g/mol. The van der Waals surface area contributed by atoms with Crippen molar-refractivity contribution in [1.82, 2.24) is 9.97 Å². The lowest BCUT2D eigenvalue weighted by molar-refractivity contribution is 0.299. The minimum absolute atomic E-state index is 0.0347. The number of sulfone groups is 1. The van der Waals surface area contributed by atoms with Crippen molar-refractivity contribution < 1.29 is 13.2 Å². The van der Waals surface area contributed by atoms with Crippen LogP contribution in [0.4, 0.5) is 0 Å². The van der Waals surface area contributed by atoms with E-state index in [1.165, 1.54) is 12.4 Å². The van der Waals surface area contributed by atoms with Crippen LogP contribution < -0.4 is 4.74 Å². The van der Waals surface area contributed by atoms with Gasteiger partial charge >= 0.3 is 0 Å². The molecule has 1 aliphatic rings. The van der Waals surface area contributed by atoms with Gasteiger partial charge in [0, 0.05) is 12.4 Å². The maximum absolute atomic E-state index is 11.5. The zero-order valence-corrected chi connectivity index (χ0v) is 7.62. The van der Waals surface area contributed by atoms with Gasteiger partial charge in [0.15, 0.2) is 0 Å². The quantitative estimate of drug-likeness (QED) is 0.591. The largest absolute Gasteiger partial charge is 0.476 e. The molecule has 70 valence electrons. The molecule has 0 saturated carbocycles. The van der Waals surface area contributed by atoms with E-state index in [9.17, 15) is 8.42 Å². The molecule has 0 N–H and O–H groups in total. The van der Waals surface area contributed by atoms with Gasteiger partial charge in [-0.3, -0.25) is 0 Å². The summed E-state index contributed by atoms with van der Waals surface area (Å²) in [7, 11) is -3.28. The van der Waals surface area contributed by atoms with Gasteiger partial charge in [0.05, 0.1) is 12.4 Å². The second-order valence-corrected chi connectivity index (χ2v) is 4.71. The molecule has 13 heavy (non-hydrogen) atoms. The molecule has 6 heteroatoms. The van der Waals surface area contributed by atoms with Gasteiger partial charge in [0.25, 0.3) is 5.88 Å². The second-order valence-electron chi connectivity index (χ2n) is 2.69. The lowest BCUT2D eigenvalue weighted by Gasteiger charge is -2.01. The number of rotatable bonds is 0. The Labute approximate surface area is 75.7 Å². The molecule has 0 amide bonds. The number of ether oxygens (including phenoxy) is 1. The van der Waals surface area contributed by atoms with Gasteiger partial charge in [-0.2, -0.15) is 0 Å². The van der Waals surface area contributed by atoms with Crippen LogP contribution in [0.2, 0.25) is 0 Å². The van der Waals surface area contributed by atoms with Crippen molar-refractivity contribution in [2.24, 2.45) is 0 Å². The Morgan fingerprint density at radius 1 is 1.31 bits per heavy atom. The van der Waals surface area contributed by atoms with E-state index in [-0.39, 0.29) is 16.7 Å². The van der Waals surface area contributed by atoms with Crippen LogP contribution in [-0.2, 0) is 9.84 Å². The number of fused-ring (bicyclic) bond motifs is 1. The highest BCUT2D eigenvalue weighted by molar-refractivity contribution is 7.91. The molecule has 0 saturated heterocycles. The third-order valence-electron chi connectivity index (χ3n) is 1.72. The Morgan fingerprint density at radius 2 is 2.08 bits per heavy atom. The molecule has 0 atom stereocenters. The summed E-state index contributed by atoms with van der Waals surface area (Å²) in [4.78, 5) is 7.57. The van der Waals surface area contributed by atoms with Crippen LogP contribution >= 0.6 is 0 Å². The minimum Gasteiger partial charge on any atom is -0.476 e. The normalized spacial score (nSPS) is 19.7. The van der Waals surface area contributed by atoms with Crippen molar-refractivity contribution in [1.29, 1.82) is 0 Å². The Bertz CT molecular complexity index is 416. The molecule has 0 fully saturated rings. The van der Waals surface area contributed by atoms with Crippen LogP contribution in [0.3, 0.4) is 0 Å². The first-order chi connectivity index (χ1) is 6.20. The van der Waals surface area contributed by atoms with Crippen LogP contribution in [0.15, 0.2) is 17.4 Å². The molecule has 0 bridgehead atoms. The topological polar surface area (TPSA) is 69.2 Å². The van der Waals surface area contributed by atoms with E-state index in [2.05, 4.69) is 9.97 Å². The number of hydrogen-bond donors (Lipinski definition) is 0. The molecule has 1 aromatic rings. The average Bonchev–Trinajstić information content (AvgIpc) is 2.26. The lowest BCUT2D eigenvalue weighted by Crippen LogP contribution is -2.07. The van der Waals surface area contributed by atoms with Crippen molar-refractivity contribution in [2.45, 2.75) is 11.4 Å². The smallest absolute Gasteiger partial charge is 0.252 e. The Hall–Kier alpha value is -1.17. The van der Waals surface area contributed by atoms with E-state index in [0.717, 1.165) is 0 Å². The zero-order chi connectivity index (χ0) is 9.31. The Morgan fingerprint density at radius 3 is 2.92 bits per heavy atom. The van der Waals surface area contributed by atoms with Gasteiger partial charge in [0.2, 0.25) is 14.9 Å². The molecule has 0 spiro atoms. The van der Waals surface area contributed by atoms with Gasteiger partial charge in [-0.05, 0) is 6.42 Å². The Balaban J connectivity index is 2.62. The molecule has 1 aromatic heterocycles. The number of hydrogen-bond acceptors (Lipinski definition) is 5. The highest BCUT2D eigenvalue weighted by Crippen LogP contribution is 2.22. The standard InChI is InChI=1S/C7H8N2O3S/c10-13(11)5-1-4-12-6-7(13)9-3-2-8-6/h2-3H,1,4-5H2. The van der Waals surface area contributed by atoms with Crippen molar-refractivity contribution in [3.05, 3.63) is 12.4 Å². The first-order valence-electron chi connectivity index (χ1n) is 3.87. The fourth-order valence-electron chi connectivity index (χ4n) is 1.14. The Kier molecular flexibility index (Phi) is 1.91. The maximum atomic E-state index is 11.5. The van der Waals surface area contributed by atoms with Crippen molar-refractivity contribution in [2.75, 3.05) is 12.4 Å². The van der Waals surface area contributed by atoms with Crippen LogP contribution in [0, 0.1) is 0 Å². The third-order valence-corrected chi connectivity index (χ3v) is 3.42. The van der Waals surface area contributed by atoms with Crippen molar-refractivity contribution in [3.8, 4) is 5.88 Å². The van der Waals surface area contributed by atoms with Crippen molar-refractivity contribution >= 4 is 9.84 Å². The van der Waals surface area contributed by atoms with Gasteiger partial charge in [-0.1, -0.05) is 0 Å². The molecule has 2 heterocycles. The molecule has 0 aliphatic carbocycles. The second kappa shape index (κ2) is 2.95. The summed E-state index contributed by atoms with van der Waals surface area (Å²) < 4.78 is 28.2. The lowest BCUT2D eigenvalue weighted by atomic mass is 10.5. The predicted molar refractivity (Wildman–Crippen MR) is 44.2 cm³/mol. The molecule has 0 aromatic carbocycles. The highest BCUT2D eigenvalue weighted by atomic mass is 32.2. The molecule has 0 radical (unpaired) electrons. The van der Waals surface area contributed by atoms with Gasteiger partial charge < -0.3 is 4.74 Å². The summed E-state index contributed by atoms with van der Waals surface area (Å²) in [5, 5.41) is -0.0347. The molecular weight excluding hydrogens is 192 g/mol.